The number of benzene rings is 1. The Hall–Kier alpha value is -2.11. The summed E-state index contributed by atoms with van der Waals surface area (Å²) in [4.78, 5) is 13.9. The van der Waals surface area contributed by atoms with Gasteiger partial charge in [-0.05, 0) is 43.7 Å². The molecule has 2 N–H and O–H groups in total. The van der Waals surface area contributed by atoms with Gasteiger partial charge in [0.05, 0.1) is 6.54 Å². The van der Waals surface area contributed by atoms with E-state index in [2.05, 4.69) is 21.4 Å². The molecular formula is C16H20F3N3O4S. The van der Waals surface area contributed by atoms with Crippen molar-refractivity contribution in [2.45, 2.75) is 25.2 Å². The summed E-state index contributed by atoms with van der Waals surface area (Å²) in [6.45, 7) is 4.28. The second-order valence-electron chi connectivity index (χ2n) is 6.02. The average molecular weight is 407 g/mol. The zero-order valence-corrected chi connectivity index (χ0v) is 15.1. The molecule has 1 fully saturated rings. The fourth-order valence-electron chi connectivity index (χ4n) is 2.72. The van der Waals surface area contributed by atoms with Gasteiger partial charge in [-0.1, -0.05) is 6.58 Å². The molecule has 1 aliphatic heterocycles. The smallest absolute Gasteiger partial charge is 0.406 e. The number of carbonyl (C=O) groups is 1. The van der Waals surface area contributed by atoms with Crippen LogP contribution in [0, 0.1) is 0 Å². The minimum absolute atomic E-state index is 0.0348. The first kappa shape index (κ1) is 21.2. The standard InChI is InChI=1S/C16H20F3N3O4S/c1-2-27(24,25)21-13-4-3-9-22(10-13)11-15(23)20-12-5-7-14(8-6-12)26-16(17,18)19/h2,5-8,13,21H,1,3-4,9-11H2,(H,20,23)/t13-/m1/s1. The number of amides is 1. The largest absolute Gasteiger partial charge is 0.573 e. The molecule has 1 aromatic rings. The van der Waals surface area contributed by atoms with E-state index in [1.807, 2.05) is 0 Å². The fraction of sp³-hybridized carbons (Fsp3) is 0.438. The first-order valence-electron chi connectivity index (χ1n) is 8.09. The minimum Gasteiger partial charge on any atom is -0.406 e. The van der Waals surface area contributed by atoms with E-state index < -0.39 is 16.4 Å². The number of nitrogens with one attached hydrogen (secondary N) is 2. The molecule has 0 unspecified atom stereocenters. The SMILES string of the molecule is C=CS(=O)(=O)N[C@@H]1CCCN(CC(=O)Nc2ccc(OC(F)(F)F)cc2)C1. The van der Waals surface area contributed by atoms with E-state index >= 15 is 0 Å². The van der Waals surface area contributed by atoms with Gasteiger partial charge in [0.25, 0.3) is 0 Å². The second-order valence-corrected chi connectivity index (χ2v) is 7.68. The number of anilines is 1. The molecule has 1 saturated heterocycles. The summed E-state index contributed by atoms with van der Waals surface area (Å²) in [7, 11) is -3.54. The third kappa shape index (κ3) is 7.57. The molecule has 1 amide bonds. The summed E-state index contributed by atoms with van der Waals surface area (Å²) in [6.07, 6.45) is -3.39. The highest BCUT2D eigenvalue weighted by molar-refractivity contribution is 7.92. The molecule has 11 heteroatoms. The summed E-state index contributed by atoms with van der Waals surface area (Å²) < 4.78 is 65.7. The van der Waals surface area contributed by atoms with E-state index in [1.165, 1.54) is 12.1 Å². The molecule has 0 radical (unpaired) electrons. The normalized spacial score (nSPS) is 18.7. The van der Waals surface area contributed by atoms with Crippen LogP contribution >= 0.6 is 0 Å². The molecule has 2 rings (SSSR count). The van der Waals surface area contributed by atoms with Crippen molar-refractivity contribution in [3.05, 3.63) is 36.3 Å². The molecule has 0 saturated carbocycles. The number of sulfonamides is 1. The monoisotopic (exact) mass is 407 g/mol. The molecule has 1 aliphatic rings. The van der Waals surface area contributed by atoms with Gasteiger partial charge < -0.3 is 10.1 Å². The van der Waals surface area contributed by atoms with Crippen LogP contribution in [0.4, 0.5) is 18.9 Å². The van der Waals surface area contributed by atoms with Gasteiger partial charge >= 0.3 is 6.36 Å². The Kier molecular flexibility index (Phi) is 6.84. The molecule has 1 aromatic carbocycles. The number of halogens is 3. The van der Waals surface area contributed by atoms with Gasteiger partial charge in [0.15, 0.2) is 0 Å². The van der Waals surface area contributed by atoms with Crippen LogP contribution in [0.2, 0.25) is 0 Å². The average Bonchev–Trinajstić information content (AvgIpc) is 2.55. The van der Waals surface area contributed by atoms with E-state index in [4.69, 9.17) is 0 Å². The van der Waals surface area contributed by atoms with Crippen LogP contribution in [-0.4, -0.2) is 51.3 Å². The predicted octanol–water partition coefficient (Wildman–Crippen LogP) is 2.05. The minimum atomic E-state index is -4.78. The topological polar surface area (TPSA) is 87.7 Å². The molecule has 27 heavy (non-hydrogen) atoms. The lowest BCUT2D eigenvalue weighted by atomic mass is 10.1. The van der Waals surface area contributed by atoms with Gasteiger partial charge in [-0.2, -0.15) is 0 Å². The lowest BCUT2D eigenvalue weighted by molar-refractivity contribution is -0.274. The summed E-state index contributed by atoms with van der Waals surface area (Å²) in [5, 5.41) is 3.42. The number of hydrogen-bond donors (Lipinski definition) is 2. The Labute approximate surface area is 155 Å². The van der Waals surface area contributed by atoms with E-state index in [9.17, 15) is 26.4 Å². The zero-order valence-electron chi connectivity index (χ0n) is 14.3. The number of likely N-dealkylation sites (tertiary alicyclic amines) is 1. The Morgan fingerprint density at radius 2 is 2.00 bits per heavy atom. The van der Waals surface area contributed by atoms with E-state index in [0.717, 1.165) is 24.0 Å². The van der Waals surface area contributed by atoms with Crippen molar-refractivity contribution in [1.82, 2.24) is 9.62 Å². The van der Waals surface area contributed by atoms with Crippen molar-refractivity contribution < 1.29 is 31.1 Å². The summed E-state index contributed by atoms with van der Waals surface area (Å²) in [5.41, 5.74) is 0.329. The second kappa shape index (κ2) is 8.72. The van der Waals surface area contributed by atoms with Crippen LogP contribution in [0.1, 0.15) is 12.8 Å². The maximum atomic E-state index is 12.1. The Balaban J connectivity index is 1.85. The van der Waals surface area contributed by atoms with Gasteiger partial charge in [0, 0.05) is 23.7 Å². The Morgan fingerprint density at radius 1 is 1.33 bits per heavy atom. The van der Waals surface area contributed by atoms with Crippen molar-refractivity contribution in [3.63, 3.8) is 0 Å². The number of piperidine rings is 1. The van der Waals surface area contributed by atoms with E-state index in [-0.39, 0.29) is 24.2 Å². The van der Waals surface area contributed by atoms with Crippen molar-refractivity contribution in [2.75, 3.05) is 25.0 Å². The van der Waals surface area contributed by atoms with E-state index in [1.54, 1.807) is 4.90 Å². The van der Waals surface area contributed by atoms with Crippen molar-refractivity contribution in [3.8, 4) is 5.75 Å². The van der Waals surface area contributed by atoms with Crippen LogP contribution < -0.4 is 14.8 Å². The predicted molar refractivity (Wildman–Crippen MR) is 93.5 cm³/mol. The van der Waals surface area contributed by atoms with Crippen LogP contribution in [0.3, 0.4) is 0 Å². The summed E-state index contributed by atoms with van der Waals surface area (Å²) in [5.74, 6) is -0.736. The van der Waals surface area contributed by atoms with Crippen LogP contribution in [-0.2, 0) is 14.8 Å². The van der Waals surface area contributed by atoms with Crippen molar-refractivity contribution >= 4 is 21.6 Å². The van der Waals surface area contributed by atoms with Crippen molar-refractivity contribution in [1.29, 1.82) is 0 Å². The van der Waals surface area contributed by atoms with Gasteiger partial charge in [-0.25, -0.2) is 13.1 Å². The van der Waals surface area contributed by atoms with E-state index in [0.29, 0.717) is 25.2 Å². The summed E-state index contributed by atoms with van der Waals surface area (Å²) >= 11 is 0. The maximum absolute atomic E-state index is 12.1. The Morgan fingerprint density at radius 3 is 2.59 bits per heavy atom. The number of hydrogen-bond acceptors (Lipinski definition) is 5. The molecule has 1 heterocycles. The molecule has 0 aliphatic carbocycles. The first-order chi connectivity index (χ1) is 12.6. The van der Waals surface area contributed by atoms with Gasteiger partial charge in [0.2, 0.25) is 15.9 Å². The lowest BCUT2D eigenvalue weighted by Gasteiger charge is -2.32. The maximum Gasteiger partial charge on any atom is 0.573 e. The third-order valence-electron chi connectivity index (χ3n) is 3.79. The molecule has 150 valence electrons. The van der Waals surface area contributed by atoms with Crippen LogP contribution in [0.25, 0.3) is 0 Å². The highest BCUT2D eigenvalue weighted by Crippen LogP contribution is 2.24. The summed E-state index contributed by atoms with van der Waals surface area (Å²) in [6, 6.07) is 4.49. The first-order valence-corrected chi connectivity index (χ1v) is 9.64. The molecule has 0 bridgehead atoms. The van der Waals surface area contributed by atoms with Gasteiger partial charge in [-0.3, -0.25) is 9.69 Å². The number of nitrogens with zero attached hydrogens (tertiary/aromatic N) is 1. The van der Waals surface area contributed by atoms with Gasteiger partial charge in [-0.15, -0.1) is 13.2 Å². The Bertz CT molecular complexity index is 766. The molecule has 7 nitrogen and oxygen atoms in total. The molecule has 0 aromatic heterocycles. The van der Waals surface area contributed by atoms with Crippen LogP contribution in [0.15, 0.2) is 36.3 Å². The number of ether oxygens (including phenoxy) is 1. The zero-order chi connectivity index (χ0) is 20.1. The number of carbonyl (C=O) groups excluding carboxylic acids is 1. The molecule has 1 atom stereocenters. The third-order valence-corrected chi connectivity index (χ3v) is 4.90. The molecular weight excluding hydrogens is 387 g/mol. The van der Waals surface area contributed by atoms with Gasteiger partial charge in [0.1, 0.15) is 5.75 Å². The molecule has 0 spiro atoms. The highest BCUT2D eigenvalue weighted by Gasteiger charge is 2.31. The highest BCUT2D eigenvalue weighted by atomic mass is 32.2. The fourth-order valence-corrected chi connectivity index (χ4v) is 3.47. The van der Waals surface area contributed by atoms with Crippen molar-refractivity contribution in [2.24, 2.45) is 0 Å². The van der Waals surface area contributed by atoms with Crippen LogP contribution in [0.5, 0.6) is 5.75 Å². The quantitative estimate of drug-likeness (QED) is 0.722. The number of alkyl halides is 3. The lowest BCUT2D eigenvalue weighted by Crippen LogP contribution is -2.49. The number of rotatable bonds is 7.